The molecule has 2 aliphatic rings. The molecule has 0 saturated carbocycles. The Balaban J connectivity index is 1.28. The summed E-state index contributed by atoms with van der Waals surface area (Å²) in [7, 11) is -4.21. The Bertz CT molecular complexity index is 1810. The number of alkyl halides is 4. The molecule has 0 radical (unpaired) electrons. The van der Waals surface area contributed by atoms with Crippen LogP contribution in [-0.2, 0) is 30.9 Å². The highest BCUT2D eigenvalue weighted by Crippen LogP contribution is 2.35. The van der Waals surface area contributed by atoms with Crippen molar-refractivity contribution in [1.29, 1.82) is 0 Å². The number of thiazole rings is 1. The van der Waals surface area contributed by atoms with Gasteiger partial charge in [0.1, 0.15) is 39.9 Å². The molecular weight excluding hydrogens is 649 g/mol. The molecule has 3 aromatic rings. The maximum absolute atomic E-state index is 15.2. The molecule has 2 aliphatic heterocycles. The number of nitrogens with zero attached hydrogens (tertiary/aromatic N) is 4. The topological polar surface area (TPSA) is 113 Å². The summed E-state index contributed by atoms with van der Waals surface area (Å²) in [5.41, 5.74) is -1.74. The number of fused-ring (bicyclic) bond motifs is 1. The Labute approximate surface area is 248 Å². The van der Waals surface area contributed by atoms with Gasteiger partial charge in [0.05, 0.1) is 11.3 Å². The Morgan fingerprint density at radius 2 is 1.73 bits per heavy atom. The average molecular weight is 671 g/mol. The fourth-order valence-corrected chi connectivity index (χ4v) is 6.15. The van der Waals surface area contributed by atoms with E-state index in [1.165, 1.54) is 10.3 Å². The van der Waals surface area contributed by atoms with Gasteiger partial charge < -0.3 is 18.6 Å². The highest BCUT2D eigenvalue weighted by molar-refractivity contribution is 7.86. The first-order valence-electron chi connectivity index (χ1n) is 12.7. The van der Waals surface area contributed by atoms with E-state index in [0.717, 1.165) is 17.4 Å². The Morgan fingerprint density at radius 1 is 1.07 bits per heavy atom. The lowest BCUT2D eigenvalue weighted by Gasteiger charge is -2.31. The van der Waals surface area contributed by atoms with E-state index in [9.17, 15) is 35.2 Å². The van der Waals surface area contributed by atoms with E-state index in [2.05, 4.69) is 14.3 Å². The molecule has 1 saturated heterocycles. The average Bonchev–Trinajstić information content (AvgIpc) is 3.58. The van der Waals surface area contributed by atoms with E-state index >= 15 is 8.78 Å². The van der Waals surface area contributed by atoms with Crippen LogP contribution in [0.4, 0.5) is 30.7 Å². The summed E-state index contributed by atoms with van der Waals surface area (Å²) in [6, 6.07) is -1.17. The van der Waals surface area contributed by atoms with Crippen LogP contribution < -0.4 is 14.6 Å². The van der Waals surface area contributed by atoms with Crippen molar-refractivity contribution >= 4 is 39.4 Å². The van der Waals surface area contributed by atoms with Gasteiger partial charge in [-0.2, -0.15) is 22.3 Å². The molecule has 0 aliphatic carbocycles. The van der Waals surface area contributed by atoms with E-state index < -0.39 is 87.1 Å². The molecule has 5 rings (SSSR count). The minimum Gasteiger partial charge on any atom is -0.423 e. The highest BCUT2D eigenvalue weighted by atomic mass is 32.2. The number of carbonyl (C=O) groups is 1. The molecule has 1 aromatic carbocycles. The number of rotatable bonds is 8. The second-order valence-electron chi connectivity index (χ2n) is 9.72. The molecule has 19 heteroatoms. The van der Waals surface area contributed by atoms with Gasteiger partial charge in [0, 0.05) is 24.4 Å². The first-order chi connectivity index (χ1) is 20.7. The minimum absolute atomic E-state index is 0.0827. The summed E-state index contributed by atoms with van der Waals surface area (Å²) in [4.78, 5) is 18.4. The van der Waals surface area contributed by atoms with Gasteiger partial charge in [0.25, 0.3) is 31.2 Å². The summed E-state index contributed by atoms with van der Waals surface area (Å²) in [5, 5.41) is 3.32. The van der Waals surface area contributed by atoms with E-state index in [-0.39, 0.29) is 24.7 Å². The van der Waals surface area contributed by atoms with Crippen LogP contribution >= 0.6 is 11.3 Å². The van der Waals surface area contributed by atoms with Gasteiger partial charge in [-0.1, -0.05) is 0 Å². The standard InChI is InChI=1S/C25H21F7N4O6S2/c1-44(38,39)42-16-3-2-12(26)18-19(16)23(32)41-25(40-22(18)31)14-10-43-24(33-14)11-4-6-35(7-5-11)17(37)9-36-15(21(29)30)8-13(34-36)20(27)28/h2-3,8,10-11,20-21,25H,4-7,9H2,1H3. The van der Waals surface area contributed by atoms with Crippen LogP contribution in [0.1, 0.15) is 60.0 Å². The maximum Gasteiger partial charge on any atom is 0.306 e. The minimum atomic E-state index is -4.21. The number of carbonyl (C=O) groups excluding carboxylic acids is 1. The molecule has 238 valence electrons. The summed E-state index contributed by atoms with van der Waals surface area (Å²) in [6.45, 7) is -0.312. The second-order valence-corrected chi connectivity index (χ2v) is 12.2. The molecule has 0 spiro atoms. The Hall–Kier alpha value is -3.87. The van der Waals surface area contributed by atoms with Crippen LogP contribution in [0.25, 0.3) is 12.0 Å². The molecule has 1 fully saturated rings. The third-order valence-corrected chi connectivity index (χ3v) is 8.22. The van der Waals surface area contributed by atoms with Crippen molar-refractivity contribution in [3.8, 4) is 5.75 Å². The zero-order chi connectivity index (χ0) is 31.9. The first kappa shape index (κ1) is 31.6. The van der Waals surface area contributed by atoms with Crippen LogP contribution in [0, 0.1) is 5.82 Å². The van der Waals surface area contributed by atoms with Crippen molar-refractivity contribution in [2.45, 2.75) is 44.4 Å². The molecule has 1 atom stereocenters. The summed E-state index contributed by atoms with van der Waals surface area (Å²) in [6.07, 6.45) is -6.64. The summed E-state index contributed by atoms with van der Waals surface area (Å²) >= 11 is 1.10. The Morgan fingerprint density at radius 3 is 2.34 bits per heavy atom. The Kier molecular flexibility index (Phi) is 8.79. The molecular formula is C25H21F7N4O6S2. The molecule has 4 heterocycles. The summed E-state index contributed by atoms with van der Waals surface area (Å²) in [5.74, 6) is -2.83. The smallest absolute Gasteiger partial charge is 0.306 e. The predicted octanol–water partition coefficient (Wildman–Crippen LogP) is 3.91. The van der Waals surface area contributed by atoms with Crippen LogP contribution in [0.15, 0.2) is 23.6 Å². The van der Waals surface area contributed by atoms with Crippen molar-refractivity contribution in [3.05, 3.63) is 61.9 Å². The quantitative estimate of drug-likeness (QED) is 0.262. The molecule has 1 amide bonds. The van der Waals surface area contributed by atoms with Gasteiger partial charge in [-0.3, -0.25) is 9.48 Å². The molecule has 10 nitrogen and oxygen atoms in total. The first-order valence-corrected chi connectivity index (χ1v) is 15.4. The zero-order valence-corrected chi connectivity index (χ0v) is 24.0. The van der Waals surface area contributed by atoms with Crippen LogP contribution in [0.5, 0.6) is 5.75 Å². The number of benzene rings is 1. The molecule has 2 aromatic heterocycles. The normalized spacial score (nSPS) is 17.9. The van der Waals surface area contributed by atoms with E-state index in [1.54, 1.807) is 0 Å². The molecule has 44 heavy (non-hydrogen) atoms. The largest absolute Gasteiger partial charge is 0.423 e. The van der Waals surface area contributed by atoms with Crippen molar-refractivity contribution in [1.82, 2.24) is 19.7 Å². The second kappa shape index (κ2) is 12.3. The lowest BCUT2D eigenvalue weighted by atomic mass is 9.97. The zero-order valence-electron chi connectivity index (χ0n) is 22.4. The fourth-order valence-electron chi connectivity index (χ4n) is 4.69. The van der Waals surface area contributed by atoms with Crippen LogP contribution in [-0.4, -0.2) is 53.3 Å². The van der Waals surface area contributed by atoms with E-state index in [0.29, 0.717) is 40.9 Å². The van der Waals surface area contributed by atoms with Gasteiger partial charge in [0.2, 0.25) is 5.91 Å². The monoisotopic (exact) mass is 670 g/mol. The van der Waals surface area contributed by atoms with Gasteiger partial charge in [-0.15, -0.1) is 11.3 Å². The lowest BCUT2D eigenvalue weighted by Crippen LogP contribution is -2.40. The van der Waals surface area contributed by atoms with E-state index in [1.807, 2.05) is 0 Å². The number of halogens is 7. The van der Waals surface area contributed by atoms with E-state index in [4.69, 9.17) is 9.47 Å². The van der Waals surface area contributed by atoms with Crippen LogP contribution in [0.2, 0.25) is 0 Å². The van der Waals surface area contributed by atoms with Crippen molar-refractivity contribution < 1.29 is 57.6 Å². The van der Waals surface area contributed by atoms with Crippen molar-refractivity contribution in [2.75, 3.05) is 19.3 Å². The number of amides is 1. The number of likely N-dealkylation sites (tertiary alicyclic amines) is 1. The lowest BCUT2D eigenvalue weighted by molar-refractivity contribution is -0.133. The molecule has 0 N–H and O–H groups in total. The number of ether oxygens (including phenoxy) is 2. The third-order valence-electron chi connectivity index (χ3n) is 6.71. The van der Waals surface area contributed by atoms with Gasteiger partial charge in [0.15, 0.2) is 5.75 Å². The number of aromatic nitrogens is 3. The van der Waals surface area contributed by atoms with Gasteiger partial charge >= 0.3 is 10.1 Å². The number of hydrogen-bond donors (Lipinski definition) is 0. The van der Waals surface area contributed by atoms with Crippen molar-refractivity contribution in [2.24, 2.45) is 0 Å². The summed E-state index contributed by atoms with van der Waals surface area (Å²) < 4.78 is 135. The highest BCUT2D eigenvalue weighted by Gasteiger charge is 2.32. The van der Waals surface area contributed by atoms with Crippen LogP contribution in [0.3, 0.4) is 0 Å². The maximum atomic E-state index is 15.2. The van der Waals surface area contributed by atoms with Crippen molar-refractivity contribution in [3.63, 3.8) is 0 Å². The SMILES string of the molecule is CS(=O)(=O)Oc1ccc(F)c2c1=C(F)OC(c1csc(C3CCN(C(=O)Cn4nc(C(F)F)cc4C(F)F)CC3)n1)OC=2F. The van der Waals surface area contributed by atoms with Gasteiger partial charge in [-0.25, -0.2) is 26.9 Å². The number of piperidine rings is 1. The molecule has 0 bridgehead atoms. The third kappa shape index (κ3) is 6.62. The molecule has 1 unspecified atom stereocenters. The number of hydrogen-bond acceptors (Lipinski definition) is 9. The predicted molar refractivity (Wildman–Crippen MR) is 138 cm³/mol. The van der Waals surface area contributed by atoms with Gasteiger partial charge in [-0.05, 0) is 31.0 Å². The fraction of sp³-hybridized carbons (Fsp3) is 0.400.